The number of rotatable bonds is 8. The molecule has 0 unspecified atom stereocenters. The predicted molar refractivity (Wildman–Crippen MR) is 173 cm³/mol. The Balaban J connectivity index is 1.64. The van der Waals surface area contributed by atoms with Gasteiger partial charge in [-0.3, -0.25) is 9.36 Å². The minimum absolute atomic E-state index is 0.249. The van der Waals surface area contributed by atoms with E-state index in [1.165, 1.54) is 23.0 Å². The predicted octanol–water partition coefficient (Wildman–Crippen LogP) is 6.06. The molecular weight excluding hydrogens is 666 g/mol. The Morgan fingerprint density at radius 3 is 2.57 bits per heavy atom. The first kappa shape index (κ1) is 31.3. The first-order valence-corrected chi connectivity index (χ1v) is 15.6. The van der Waals surface area contributed by atoms with Gasteiger partial charge in [-0.25, -0.2) is 9.79 Å². The molecule has 4 aromatic rings. The molecule has 44 heavy (non-hydrogen) atoms. The number of halogens is 2. The van der Waals surface area contributed by atoms with E-state index in [1.54, 1.807) is 63.2 Å². The van der Waals surface area contributed by atoms with Crippen LogP contribution in [0.15, 0.2) is 86.2 Å². The van der Waals surface area contributed by atoms with E-state index in [-0.39, 0.29) is 23.8 Å². The number of hydrogen-bond donors (Lipinski definition) is 0. The van der Waals surface area contributed by atoms with Gasteiger partial charge in [-0.2, -0.15) is 5.26 Å². The summed E-state index contributed by atoms with van der Waals surface area (Å²) in [7, 11) is 1.54. The normalized spacial score (nSPS) is 14.6. The molecule has 224 valence electrons. The molecule has 1 aromatic heterocycles. The van der Waals surface area contributed by atoms with Crippen LogP contribution < -0.4 is 24.4 Å². The zero-order valence-electron chi connectivity index (χ0n) is 24.3. The van der Waals surface area contributed by atoms with Gasteiger partial charge in [0.05, 0.1) is 40.6 Å². The summed E-state index contributed by atoms with van der Waals surface area (Å²) in [5.74, 6) is 0.466. The van der Waals surface area contributed by atoms with E-state index >= 15 is 0 Å². The van der Waals surface area contributed by atoms with Crippen LogP contribution in [0.5, 0.6) is 11.5 Å². The second-order valence-corrected chi connectivity index (χ2v) is 12.6. The second-order valence-electron chi connectivity index (χ2n) is 10.2. The molecule has 0 amide bonds. The molecule has 11 heteroatoms. The Morgan fingerprint density at radius 2 is 1.89 bits per heavy atom. The summed E-state index contributed by atoms with van der Waals surface area (Å²) >= 11 is 11.1. The van der Waals surface area contributed by atoms with Gasteiger partial charge in [0.15, 0.2) is 4.80 Å². The number of fused-ring (bicyclic) bond motifs is 1. The number of methoxy groups -OCH3 is 1. The molecule has 0 bridgehead atoms. The molecule has 1 aliphatic rings. The number of nitriles is 1. The summed E-state index contributed by atoms with van der Waals surface area (Å²) < 4.78 is 20.0. The standard InChI is InChI=1S/C33H27BrClN3O5S/c1-18(2)43-32(40)29-19(3)37-33-38(30(29)25-15-23(34)9-11-27(25)41-4)31(39)28(44-33)14-22-13-24(35)10-12-26(22)42-17-21-7-5-20(16-36)6-8-21/h5-15,18,30H,17H2,1-4H3/b28-14-/t30-/m0/s1. The maximum atomic E-state index is 14.2. The van der Waals surface area contributed by atoms with Crippen molar-refractivity contribution in [2.75, 3.05) is 7.11 Å². The van der Waals surface area contributed by atoms with Crippen molar-refractivity contribution in [1.82, 2.24) is 4.57 Å². The van der Waals surface area contributed by atoms with Gasteiger partial charge in [-0.1, -0.05) is 51.0 Å². The second kappa shape index (κ2) is 13.2. The Kier molecular flexibility index (Phi) is 9.39. The Bertz CT molecular complexity index is 2010. The fourth-order valence-electron chi connectivity index (χ4n) is 4.81. The van der Waals surface area contributed by atoms with E-state index in [1.807, 2.05) is 24.3 Å². The van der Waals surface area contributed by atoms with Gasteiger partial charge in [0.2, 0.25) is 0 Å². The number of carbonyl (C=O) groups excluding carboxylic acids is 1. The van der Waals surface area contributed by atoms with Crippen molar-refractivity contribution in [3.63, 3.8) is 0 Å². The van der Waals surface area contributed by atoms with Crippen LogP contribution in [-0.2, 0) is 16.1 Å². The minimum Gasteiger partial charge on any atom is -0.496 e. The highest BCUT2D eigenvalue weighted by molar-refractivity contribution is 9.10. The molecule has 0 saturated heterocycles. The molecular formula is C33H27BrClN3O5S. The van der Waals surface area contributed by atoms with Gasteiger partial charge in [-0.05, 0) is 80.9 Å². The molecule has 8 nitrogen and oxygen atoms in total. The molecule has 0 fully saturated rings. The number of hydrogen-bond acceptors (Lipinski definition) is 8. The fourth-order valence-corrected chi connectivity index (χ4v) is 6.41. The number of nitrogens with zero attached hydrogens (tertiary/aromatic N) is 3. The third-order valence-corrected chi connectivity index (χ3v) is 8.52. The van der Waals surface area contributed by atoms with Gasteiger partial charge in [0.25, 0.3) is 5.56 Å². The first-order valence-electron chi connectivity index (χ1n) is 13.6. The van der Waals surface area contributed by atoms with Crippen molar-refractivity contribution in [2.24, 2.45) is 4.99 Å². The van der Waals surface area contributed by atoms with Crippen LogP contribution in [0.2, 0.25) is 5.02 Å². The molecule has 0 spiro atoms. The lowest BCUT2D eigenvalue weighted by molar-refractivity contribution is -0.143. The quantitative estimate of drug-likeness (QED) is 0.208. The lowest BCUT2D eigenvalue weighted by Crippen LogP contribution is -2.40. The molecule has 0 radical (unpaired) electrons. The average molecular weight is 693 g/mol. The van der Waals surface area contributed by atoms with Gasteiger partial charge < -0.3 is 14.2 Å². The van der Waals surface area contributed by atoms with Crippen LogP contribution >= 0.6 is 38.9 Å². The molecule has 5 rings (SSSR count). The number of thiazole rings is 1. The van der Waals surface area contributed by atoms with Gasteiger partial charge in [0.1, 0.15) is 24.1 Å². The first-order chi connectivity index (χ1) is 21.1. The molecule has 0 aliphatic carbocycles. The third-order valence-electron chi connectivity index (χ3n) is 6.81. The molecule has 0 saturated carbocycles. The van der Waals surface area contributed by atoms with Crippen LogP contribution in [0.3, 0.4) is 0 Å². The minimum atomic E-state index is -0.849. The Labute approximate surface area is 271 Å². The summed E-state index contributed by atoms with van der Waals surface area (Å²) in [5.41, 5.74) is 3.00. The summed E-state index contributed by atoms with van der Waals surface area (Å²) in [6.45, 7) is 5.52. The summed E-state index contributed by atoms with van der Waals surface area (Å²) in [4.78, 5) is 32.7. The van der Waals surface area contributed by atoms with Crippen molar-refractivity contribution in [3.8, 4) is 17.6 Å². The highest BCUT2D eigenvalue weighted by atomic mass is 79.9. The summed E-state index contributed by atoms with van der Waals surface area (Å²) in [5, 5.41) is 9.54. The smallest absolute Gasteiger partial charge is 0.338 e. The Hall–Kier alpha value is -4.17. The maximum Gasteiger partial charge on any atom is 0.338 e. The van der Waals surface area contributed by atoms with Crippen LogP contribution in [0.1, 0.15) is 49.1 Å². The number of esters is 1. The van der Waals surface area contributed by atoms with E-state index < -0.39 is 12.0 Å². The van der Waals surface area contributed by atoms with Gasteiger partial charge >= 0.3 is 5.97 Å². The molecule has 2 heterocycles. The number of benzene rings is 3. The van der Waals surface area contributed by atoms with Crippen LogP contribution in [-0.4, -0.2) is 23.8 Å². The summed E-state index contributed by atoms with van der Waals surface area (Å²) in [6.07, 6.45) is 1.34. The van der Waals surface area contributed by atoms with Crippen molar-refractivity contribution in [3.05, 3.63) is 123 Å². The third kappa shape index (κ3) is 6.50. The number of allylic oxidation sites excluding steroid dienone is 1. The van der Waals surface area contributed by atoms with Gasteiger partial charge in [0, 0.05) is 20.6 Å². The van der Waals surface area contributed by atoms with Crippen molar-refractivity contribution in [2.45, 2.75) is 39.5 Å². The topological polar surface area (TPSA) is 103 Å². The lowest BCUT2D eigenvalue weighted by Gasteiger charge is -2.26. The molecule has 1 aliphatic heterocycles. The van der Waals surface area contributed by atoms with Crippen LogP contribution in [0.4, 0.5) is 0 Å². The number of carbonyl (C=O) groups is 1. The zero-order chi connectivity index (χ0) is 31.5. The monoisotopic (exact) mass is 691 g/mol. The average Bonchev–Trinajstić information content (AvgIpc) is 3.29. The zero-order valence-corrected chi connectivity index (χ0v) is 27.4. The molecule has 0 N–H and O–H groups in total. The van der Waals surface area contributed by atoms with E-state index in [4.69, 9.17) is 31.1 Å². The van der Waals surface area contributed by atoms with Crippen LogP contribution in [0.25, 0.3) is 6.08 Å². The largest absolute Gasteiger partial charge is 0.496 e. The van der Waals surface area contributed by atoms with Crippen molar-refractivity contribution < 1.29 is 19.0 Å². The highest BCUT2D eigenvalue weighted by Crippen LogP contribution is 2.37. The summed E-state index contributed by atoms with van der Waals surface area (Å²) in [6, 6.07) is 19.0. The lowest BCUT2D eigenvalue weighted by atomic mass is 9.95. The van der Waals surface area contributed by atoms with Gasteiger partial charge in [-0.15, -0.1) is 0 Å². The molecule has 1 atom stereocenters. The SMILES string of the molecule is COc1ccc(Br)cc1[C@H]1C(C(=O)OC(C)C)=C(C)N=c2s/c(=C\c3cc(Cl)ccc3OCc3ccc(C#N)cc3)c(=O)n21. The van der Waals surface area contributed by atoms with Crippen LogP contribution in [0, 0.1) is 11.3 Å². The van der Waals surface area contributed by atoms with E-state index in [2.05, 4.69) is 27.0 Å². The van der Waals surface area contributed by atoms with E-state index in [0.717, 1.165) is 10.0 Å². The fraction of sp³-hybridized carbons (Fsp3) is 0.212. The van der Waals surface area contributed by atoms with E-state index in [0.29, 0.717) is 48.2 Å². The molecule has 3 aromatic carbocycles. The Morgan fingerprint density at radius 1 is 1.16 bits per heavy atom. The van der Waals surface area contributed by atoms with E-state index in [9.17, 15) is 9.59 Å². The maximum absolute atomic E-state index is 14.2. The number of aromatic nitrogens is 1. The van der Waals surface area contributed by atoms with Crippen molar-refractivity contribution >= 4 is 50.9 Å². The highest BCUT2D eigenvalue weighted by Gasteiger charge is 2.35. The van der Waals surface area contributed by atoms with Crippen molar-refractivity contribution in [1.29, 1.82) is 5.26 Å². The number of ether oxygens (including phenoxy) is 3.